The van der Waals surface area contributed by atoms with Gasteiger partial charge in [-0.25, -0.2) is 0 Å². The van der Waals surface area contributed by atoms with E-state index in [4.69, 9.17) is 4.74 Å². The van der Waals surface area contributed by atoms with Crippen molar-refractivity contribution in [1.82, 2.24) is 15.1 Å². The molecule has 0 bridgehead atoms. The van der Waals surface area contributed by atoms with Crippen LogP contribution < -0.4 is 5.32 Å². The predicted molar refractivity (Wildman–Crippen MR) is 86.2 cm³/mol. The van der Waals surface area contributed by atoms with E-state index in [2.05, 4.69) is 38.0 Å². The molecule has 1 fully saturated rings. The third-order valence-corrected chi connectivity index (χ3v) is 4.02. The lowest BCUT2D eigenvalue weighted by Crippen LogP contribution is -2.42. The second-order valence-corrected chi connectivity index (χ2v) is 6.48. The van der Waals surface area contributed by atoms with Crippen LogP contribution in [0.1, 0.15) is 40.0 Å². The maximum absolute atomic E-state index is 12.6. The van der Waals surface area contributed by atoms with Gasteiger partial charge in [0.15, 0.2) is 0 Å². The summed E-state index contributed by atoms with van der Waals surface area (Å²) in [6, 6.07) is 0.00540. The molecule has 1 rings (SSSR count). The largest absolute Gasteiger partial charge is 0.383 e. The predicted octanol–water partition coefficient (Wildman–Crippen LogP) is 1.54. The summed E-state index contributed by atoms with van der Waals surface area (Å²) in [4.78, 5) is 16.8. The molecule has 0 radical (unpaired) electrons. The lowest BCUT2D eigenvalue weighted by atomic mass is 10.0. The van der Waals surface area contributed by atoms with E-state index in [1.54, 1.807) is 7.11 Å². The standard InChI is InChI=1S/C16H33N3O2/c1-6-7-15-17-14(12-13(2)3)16(20)19(15)9-8-18(4)10-11-21-5/h13-15,17H,6-12H2,1-5H3. The Morgan fingerprint density at radius 2 is 2.10 bits per heavy atom. The second kappa shape index (κ2) is 9.38. The number of hydrogen-bond acceptors (Lipinski definition) is 4. The number of amides is 1. The fraction of sp³-hybridized carbons (Fsp3) is 0.938. The van der Waals surface area contributed by atoms with E-state index < -0.39 is 0 Å². The van der Waals surface area contributed by atoms with Crippen molar-refractivity contribution in [2.45, 2.75) is 52.2 Å². The molecule has 1 N–H and O–H groups in total. The molecule has 2 atom stereocenters. The van der Waals surface area contributed by atoms with Crippen molar-refractivity contribution in [2.75, 3.05) is 40.4 Å². The third kappa shape index (κ3) is 5.93. The van der Waals surface area contributed by atoms with Gasteiger partial charge in [0.05, 0.1) is 18.8 Å². The van der Waals surface area contributed by atoms with Gasteiger partial charge in [0.25, 0.3) is 0 Å². The maximum Gasteiger partial charge on any atom is 0.241 e. The Bertz CT molecular complexity index is 310. The van der Waals surface area contributed by atoms with Crippen LogP contribution in [0.15, 0.2) is 0 Å². The summed E-state index contributed by atoms with van der Waals surface area (Å²) in [5.41, 5.74) is 0. The van der Waals surface area contributed by atoms with Crippen LogP contribution in [0.5, 0.6) is 0 Å². The lowest BCUT2D eigenvalue weighted by Gasteiger charge is -2.26. The molecule has 0 aromatic carbocycles. The zero-order chi connectivity index (χ0) is 15.8. The number of nitrogens with zero attached hydrogens (tertiary/aromatic N) is 2. The van der Waals surface area contributed by atoms with Crippen molar-refractivity contribution in [1.29, 1.82) is 0 Å². The molecular formula is C16H33N3O2. The number of carbonyl (C=O) groups excluding carboxylic acids is 1. The van der Waals surface area contributed by atoms with E-state index in [0.717, 1.165) is 45.5 Å². The summed E-state index contributed by atoms with van der Waals surface area (Å²) in [5.74, 6) is 0.820. The topological polar surface area (TPSA) is 44.8 Å². The van der Waals surface area contributed by atoms with Gasteiger partial charge in [0.1, 0.15) is 0 Å². The van der Waals surface area contributed by atoms with Gasteiger partial charge in [-0.3, -0.25) is 10.1 Å². The quantitative estimate of drug-likeness (QED) is 0.664. The molecule has 0 aromatic rings. The molecule has 21 heavy (non-hydrogen) atoms. The van der Waals surface area contributed by atoms with Crippen molar-refractivity contribution in [3.05, 3.63) is 0 Å². The van der Waals surface area contributed by atoms with Crippen LogP contribution in [0.25, 0.3) is 0 Å². The molecule has 0 saturated carbocycles. The van der Waals surface area contributed by atoms with E-state index in [1.165, 1.54) is 0 Å². The minimum absolute atomic E-state index is 0.00540. The van der Waals surface area contributed by atoms with Crippen molar-refractivity contribution in [3.63, 3.8) is 0 Å². The first-order valence-corrected chi connectivity index (χ1v) is 8.23. The van der Waals surface area contributed by atoms with E-state index in [1.807, 2.05) is 4.90 Å². The smallest absolute Gasteiger partial charge is 0.241 e. The average molecular weight is 299 g/mol. The number of methoxy groups -OCH3 is 1. The molecule has 1 heterocycles. The maximum atomic E-state index is 12.6. The molecule has 2 unspecified atom stereocenters. The highest BCUT2D eigenvalue weighted by Gasteiger charge is 2.37. The molecule has 1 aliphatic rings. The second-order valence-electron chi connectivity index (χ2n) is 6.48. The number of carbonyl (C=O) groups is 1. The number of likely N-dealkylation sites (N-methyl/N-ethyl adjacent to an activating group) is 1. The van der Waals surface area contributed by atoms with Crippen LogP contribution in [-0.2, 0) is 9.53 Å². The summed E-state index contributed by atoms with van der Waals surface area (Å²) >= 11 is 0. The highest BCUT2D eigenvalue weighted by molar-refractivity contribution is 5.84. The molecule has 5 heteroatoms. The van der Waals surface area contributed by atoms with Crippen LogP contribution in [0.4, 0.5) is 0 Å². The van der Waals surface area contributed by atoms with Crippen LogP contribution in [0.3, 0.4) is 0 Å². The van der Waals surface area contributed by atoms with E-state index in [0.29, 0.717) is 5.92 Å². The van der Waals surface area contributed by atoms with Crippen molar-refractivity contribution >= 4 is 5.91 Å². The molecule has 1 amide bonds. The fourth-order valence-electron chi connectivity index (χ4n) is 2.80. The van der Waals surface area contributed by atoms with Crippen LogP contribution >= 0.6 is 0 Å². The Balaban J connectivity index is 2.53. The monoisotopic (exact) mass is 299 g/mol. The minimum Gasteiger partial charge on any atom is -0.383 e. The van der Waals surface area contributed by atoms with Crippen molar-refractivity contribution < 1.29 is 9.53 Å². The number of rotatable bonds is 10. The summed E-state index contributed by atoms with van der Waals surface area (Å²) in [6.45, 7) is 9.84. The molecule has 0 spiro atoms. The first-order chi connectivity index (χ1) is 9.99. The van der Waals surface area contributed by atoms with Crippen molar-refractivity contribution in [3.8, 4) is 0 Å². The third-order valence-electron chi connectivity index (χ3n) is 4.02. The Morgan fingerprint density at radius 3 is 2.67 bits per heavy atom. The molecule has 0 aromatic heterocycles. The highest BCUT2D eigenvalue weighted by atomic mass is 16.5. The number of ether oxygens (including phenoxy) is 1. The van der Waals surface area contributed by atoms with Crippen LogP contribution in [-0.4, -0.2) is 68.3 Å². The highest BCUT2D eigenvalue weighted by Crippen LogP contribution is 2.19. The fourth-order valence-corrected chi connectivity index (χ4v) is 2.80. The van der Waals surface area contributed by atoms with Gasteiger partial charge in [-0.1, -0.05) is 27.2 Å². The Morgan fingerprint density at radius 1 is 1.38 bits per heavy atom. The number of nitrogens with one attached hydrogen (secondary N) is 1. The molecule has 0 aliphatic carbocycles. The van der Waals surface area contributed by atoms with Crippen molar-refractivity contribution in [2.24, 2.45) is 5.92 Å². The minimum atomic E-state index is 0.00540. The van der Waals surface area contributed by atoms with Gasteiger partial charge in [0.2, 0.25) is 5.91 Å². The van der Waals surface area contributed by atoms with Gasteiger partial charge >= 0.3 is 0 Å². The first kappa shape index (κ1) is 18.4. The Kier molecular flexibility index (Phi) is 8.22. The summed E-state index contributed by atoms with van der Waals surface area (Å²) in [6.07, 6.45) is 3.26. The summed E-state index contributed by atoms with van der Waals surface area (Å²) < 4.78 is 5.09. The first-order valence-electron chi connectivity index (χ1n) is 8.23. The molecule has 1 aliphatic heterocycles. The Labute approximate surface area is 130 Å². The molecule has 5 nitrogen and oxygen atoms in total. The molecular weight excluding hydrogens is 266 g/mol. The van der Waals surface area contributed by atoms with E-state index in [9.17, 15) is 4.79 Å². The Hall–Kier alpha value is -0.650. The zero-order valence-corrected chi connectivity index (χ0v) is 14.4. The van der Waals surface area contributed by atoms with Gasteiger partial charge < -0.3 is 14.5 Å². The average Bonchev–Trinajstić information content (AvgIpc) is 2.70. The van der Waals surface area contributed by atoms with Gasteiger partial charge in [-0.15, -0.1) is 0 Å². The van der Waals surface area contributed by atoms with E-state index >= 15 is 0 Å². The SMILES string of the molecule is CCCC1NC(CC(C)C)C(=O)N1CCN(C)CCOC. The van der Waals surface area contributed by atoms with E-state index in [-0.39, 0.29) is 18.1 Å². The van der Waals surface area contributed by atoms with Gasteiger partial charge in [0, 0.05) is 26.7 Å². The lowest BCUT2D eigenvalue weighted by molar-refractivity contribution is -0.130. The number of hydrogen-bond donors (Lipinski definition) is 1. The summed E-state index contributed by atoms with van der Waals surface area (Å²) in [7, 11) is 3.79. The summed E-state index contributed by atoms with van der Waals surface area (Å²) in [5, 5.41) is 3.52. The van der Waals surface area contributed by atoms with Crippen LogP contribution in [0.2, 0.25) is 0 Å². The molecule has 1 saturated heterocycles. The zero-order valence-electron chi connectivity index (χ0n) is 14.4. The van der Waals surface area contributed by atoms with Gasteiger partial charge in [-0.05, 0) is 25.8 Å². The van der Waals surface area contributed by atoms with Gasteiger partial charge in [-0.2, -0.15) is 0 Å². The molecule has 124 valence electrons. The normalized spacial score (nSPS) is 22.8. The van der Waals surface area contributed by atoms with Crippen LogP contribution in [0, 0.1) is 5.92 Å².